The van der Waals surface area contributed by atoms with Crippen LogP contribution in [0, 0.1) is 5.92 Å². The maximum absolute atomic E-state index is 12.3. The van der Waals surface area contributed by atoms with Gasteiger partial charge in [0.2, 0.25) is 0 Å². The predicted octanol–water partition coefficient (Wildman–Crippen LogP) is 1.64. The third-order valence-corrected chi connectivity index (χ3v) is 4.30. The van der Waals surface area contributed by atoms with Crippen molar-refractivity contribution in [2.75, 3.05) is 19.5 Å². The number of hydrogen-bond acceptors (Lipinski definition) is 4. The van der Waals surface area contributed by atoms with Gasteiger partial charge in [0.05, 0.1) is 17.2 Å². The minimum atomic E-state index is -4.44. The normalized spacial score (nSPS) is 14.4. The number of halogens is 3. The van der Waals surface area contributed by atoms with Crippen molar-refractivity contribution in [2.45, 2.75) is 25.4 Å². The van der Waals surface area contributed by atoms with Crippen LogP contribution in [0.4, 0.5) is 13.2 Å². The topological polar surface area (TPSA) is 61.2 Å². The lowest BCUT2D eigenvalue weighted by molar-refractivity contribution is -0.142. The fourth-order valence-corrected chi connectivity index (χ4v) is 3.62. The van der Waals surface area contributed by atoms with Crippen molar-refractivity contribution in [1.29, 1.82) is 0 Å². The molecule has 0 spiro atoms. The molecule has 1 aromatic rings. The zero-order valence-corrected chi connectivity index (χ0v) is 12.0. The van der Waals surface area contributed by atoms with Gasteiger partial charge >= 0.3 is 6.18 Å². The van der Waals surface area contributed by atoms with Gasteiger partial charge in [-0.25, -0.2) is 8.42 Å². The number of rotatable bonds is 7. The van der Waals surface area contributed by atoms with Crippen molar-refractivity contribution in [3.05, 3.63) is 18.0 Å². The molecular formula is C11H17F3N2O3S. The molecular weight excluding hydrogens is 297 g/mol. The fourth-order valence-electron chi connectivity index (χ4n) is 1.85. The summed E-state index contributed by atoms with van der Waals surface area (Å²) in [6, 6.07) is 1.28. The number of hydrogen-bond donors (Lipinski definition) is 0. The van der Waals surface area contributed by atoms with Crippen molar-refractivity contribution >= 4 is 9.84 Å². The summed E-state index contributed by atoms with van der Waals surface area (Å²) >= 11 is 0. The molecule has 1 heterocycles. The molecule has 1 unspecified atom stereocenters. The lowest BCUT2D eigenvalue weighted by atomic mass is 10.2. The lowest BCUT2D eigenvalue weighted by Gasteiger charge is -2.13. The Bertz CT molecular complexity index is 525. The van der Waals surface area contributed by atoms with E-state index in [0.29, 0.717) is 4.68 Å². The van der Waals surface area contributed by atoms with Gasteiger partial charge in [0.15, 0.2) is 9.84 Å². The summed E-state index contributed by atoms with van der Waals surface area (Å²) in [5.74, 6) is -0.821. The molecule has 0 aliphatic rings. The minimum absolute atomic E-state index is 0.0342. The summed E-state index contributed by atoms with van der Waals surface area (Å²) in [5.41, 5.74) is 0.0342. The van der Waals surface area contributed by atoms with Crippen LogP contribution < -0.4 is 0 Å². The zero-order chi connectivity index (χ0) is 15.4. The maximum Gasteiger partial charge on any atom is 0.408 e. The van der Waals surface area contributed by atoms with Crippen molar-refractivity contribution in [2.24, 2.45) is 5.92 Å². The van der Waals surface area contributed by atoms with Gasteiger partial charge in [-0.1, -0.05) is 6.92 Å². The Morgan fingerprint density at radius 2 is 2.10 bits per heavy atom. The molecule has 0 saturated heterocycles. The highest BCUT2D eigenvalue weighted by molar-refractivity contribution is 7.90. The summed E-state index contributed by atoms with van der Waals surface area (Å²) in [6.45, 7) is 0.688. The van der Waals surface area contributed by atoms with E-state index < -0.39 is 28.3 Å². The third kappa shape index (κ3) is 5.91. The molecule has 0 radical (unpaired) electrons. The van der Waals surface area contributed by atoms with Crippen LogP contribution in [-0.2, 0) is 26.9 Å². The van der Waals surface area contributed by atoms with E-state index in [1.54, 1.807) is 6.92 Å². The van der Waals surface area contributed by atoms with Gasteiger partial charge in [-0.15, -0.1) is 0 Å². The van der Waals surface area contributed by atoms with Crippen LogP contribution in [0.2, 0.25) is 0 Å². The van der Waals surface area contributed by atoms with E-state index in [9.17, 15) is 21.6 Å². The fraction of sp³-hybridized carbons (Fsp3) is 0.727. The molecule has 0 amide bonds. The Labute approximate surface area is 115 Å². The number of sulfone groups is 1. The van der Waals surface area contributed by atoms with Gasteiger partial charge in [-0.05, 0) is 12.0 Å². The first-order valence-corrected chi connectivity index (χ1v) is 7.72. The molecule has 0 saturated carbocycles. The number of methoxy groups -OCH3 is 1. The van der Waals surface area contributed by atoms with Gasteiger partial charge < -0.3 is 4.74 Å². The first kappa shape index (κ1) is 17.0. The monoisotopic (exact) mass is 314 g/mol. The molecule has 20 heavy (non-hydrogen) atoms. The van der Waals surface area contributed by atoms with Crippen LogP contribution in [0.15, 0.2) is 12.3 Å². The van der Waals surface area contributed by atoms with Crippen LogP contribution in [0.5, 0.6) is 0 Å². The molecule has 0 N–H and O–H groups in total. The first-order chi connectivity index (χ1) is 9.13. The summed E-state index contributed by atoms with van der Waals surface area (Å²) in [7, 11) is -2.05. The molecule has 1 rings (SSSR count). The first-order valence-electron chi connectivity index (χ1n) is 5.90. The Hall–Kier alpha value is -1.09. The standard InChI is InChI=1S/C11H17F3N2O3S/c1-9(5-19-2)6-20(17,18)7-10-3-4-15-16(10)8-11(12,13)14/h3-4,9H,5-8H2,1-2H3. The van der Waals surface area contributed by atoms with E-state index in [-0.39, 0.29) is 24.0 Å². The molecule has 0 aliphatic heterocycles. The molecule has 9 heteroatoms. The van der Waals surface area contributed by atoms with E-state index >= 15 is 0 Å². The largest absolute Gasteiger partial charge is 0.408 e. The number of aromatic nitrogens is 2. The van der Waals surface area contributed by atoms with E-state index in [0.717, 1.165) is 6.20 Å². The molecule has 0 bridgehead atoms. The zero-order valence-electron chi connectivity index (χ0n) is 11.2. The van der Waals surface area contributed by atoms with Gasteiger partial charge in [0.1, 0.15) is 6.54 Å². The SMILES string of the molecule is COCC(C)CS(=O)(=O)Cc1ccnn1CC(F)(F)F. The van der Waals surface area contributed by atoms with E-state index in [2.05, 4.69) is 5.10 Å². The molecule has 5 nitrogen and oxygen atoms in total. The Morgan fingerprint density at radius 1 is 1.45 bits per heavy atom. The highest BCUT2D eigenvalue weighted by Gasteiger charge is 2.30. The van der Waals surface area contributed by atoms with Crippen molar-refractivity contribution in [3.8, 4) is 0 Å². The van der Waals surface area contributed by atoms with Crippen LogP contribution in [0.25, 0.3) is 0 Å². The van der Waals surface area contributed by atoms with E-state index in [1.165, 1.54) is 13.2 Å². The Balaban J connectivity index is 2.76. The van der Waals surface area contributed by atoms with Crippen molar-refractivity contribution in [3.63, 3.8) is 0 Å². The second kappa shape index (κ2) is 6.57. The van der Waals surface area contributed by atoms with Gasteiger partial charge in [0, 0.05) is 19.9 Å². The Kier molecular flexibility index (Phi) is 5.58. The molecule has 116 valence electrons. The highest BCUT2D eigenvalue weighted by atomic mass is 32.2. The predicted molar refractivity (Wildman–Crippen MR) is 66.8 cm³/mol. The molecule has 1 atom stereocenters. The average molecular weight is 314 g/mol. The van der Waals surface area contributed by atoms with Crippen LogP contribution in [0.1, 0.15) is 12.6 Å². The maximum atomic E-state index is 12.3. The number of nitrogens with zero attached hydrogens (tertiary/aromatic N) is 2. The number of alkyl halides is 3. The van der Waals surface area contributed by atoms with Gasteiger partial charge in [-0.3, -0.25) is 4.68 Å². The quantitative estimate of drug-likeness (QED) is 0.768. The highest BCUT2D eigenvalue weighted by Crippen LogP contribution is 2.19. The second-order valence-electron chi connectivity index (χ2n) is 4.71. The van der Waals surface area contributed by atoms with Crippen LogP contribution in [0.3, 0.4) is 0 Å². The molecule has 0 fully saturated rings. The summed E-state index contributed by atoms with van der Waals surface area (Å²) in [5, 5.41) is 3.51. The third-order valence-electron chi connectivity index (χ3n) is 2.49. The van der Waals surface area contributed by atoms with E-state index in [1.807, 2.05) is 0 Å². The summed E-state index contributed by atoms with van der Waals surface area (Å²) in [4.78, 5) is 0. The van der Waals surface area contributed by atoms with Gasteiger partial charge in [-0.2, -0.15) is 18.3 Å². The van der Waals surface area contributed by atoms with Crippen molar-refractivity contribution < 1.29 is 26.3 Å². The van der Waals surface area contributed by atoms with Gasteiger partial charge in [0.25, 0.3) is 0 Å². The lowest BCUT2D eigenvalue weighted by Crippen LogP contribution is -2.23. The van der Waals surface area contributed by atoms with Crippen LogP contribution >= 0.6 is 0 Å². The van der Waals surface area contributed by atoms with E-state index in [4.69, 9.17) is 4.74 Å². The molecule has 1 aromatic heterocycles. The summed E-state index contributed by atoms with van der Waals surface area (Å²) < 4.78 is 66.3. The molecule has 0 aliphatic carbocycles. The minimum Gasteiger partial charge on any atom is -0.384 e. The smallest absolute Gasteiger partial charge is 0.384 e. The molecule has 0 aromatic carbocycles. The van der Waals surface area contributed by atoms with Crippen molar-refractivity contribution in [1.82, 2.24) is 9.78 Å². The Morgan fingerprint density at radius 3 is 2.65 bits per heavy atom. The summed E-state index contributed by atoms with van der Waals surface area (Å²) in [6.07, 6.45) is -3.27. The van der Waals surface area contributed by atoms with Crippen LogP contribution in [-0.4, -0.2) is 43.8 Å². The second-order valence-corrected chi connectivity index (χ2v) is 6.82. The number of ether oxygens (including phenoxy) is 1. The average Bonchev–Trinajstić information content (AvgIpc) is 2.61.